The van der Waals surface area contributed by atoms with Gasteiger partial charge in [-0.3, -0.25) is 9.59 Å². The molecule has 76 valence electrons. The molecule has 0 saturated heterocycles. The highest BCUT2D eigenvalue weighted by Gasteiger charge is 2.12. The Bertz CT molecular complexity index is 437. The second kappa shape index (κ2) is 5.52. The summed E-state index contributed by atoms with van der Waals surface area (Å²) in [7, 11) is 1.83. The molecule has 15 heavy (non-hydrogen) atoms. The van der Waals surface area contributed by atoms with Crippen molar-refractivity contribution >= 4 is 36.5 Å². The van der Waals surface area contributed by atoms with Gasteiger partial charge in [0.05, 0.1) is 10.4 Å². The van der Waals surface area contributed by atoms with Crippen LogP contribution in [0.25, 0.3) is 0 Å². The van der Waals surface area contributed by atoms with E-state index in [-0.39, 0.29) is 0 Å². The number of rotatable bonds is 3. The van der Waals surface area contributed by atoms with Gasteiger partial charge in [-0.1, -0.05) is 18.8 Å². The Kier molecular flexibility index (Phi) is 4.32. The molecule has 0 amide bonds. The van der Waals surface area contributed by atoms with Crippen molar-refractivity contribution in [3.8, 4) is 11.8 Å². The average Bonchev–Trinajstić information content (AvgIpc) is 2.54. The van der Waals surface area contributed by atoms with Gasteiger partial charge in [-0.05, 0) is 11.2 Å². The first-order chi connectivity index (χ1) is 7.24. The summed E-state index contributed by atoms with van der Waals surface area (Å²) < 4.78 is 0.855. The predicted octanol–water partition coefficient (Wildman–Crippen LogP) is 0.783. The molecule has 0 saturated carbocycles. The van der Waals surface area contributed by atoms with Crippen LogP contribution in [0, 0.1) is 11.8 Å². The molecule has 1 rings (SSSR count). The van der Waals surface area contributed by atoms with E-state index < -0.39 is 0 Å². The number of thiophene rings is 1. The summed E-state index contributed by atoms with van der Waals surface area (Å²) in [6, 6.07) is 0. The lowest BCUT2D eigenvalue weighted by Gasteiger charge is -1.87. The fraction of sp³-hybridized carbons (Fsp3) is 0.273. The molecule has 2 nitrogen and oxygen atoms in total. The zero-order valence-corrected chi connectivity index (χ0v) is 9.61. The normalized spacial score (nSPS) is 9.13. The fourth-order valence-corrected chi connectivity index (χ4v) is 2.16. The van der Waals surface area contributed by atoms with Crippen molar-refractivity contribution in [2.75, 3.05) is 0 Å². The summed E-state index contributed by atoms with van der Waals surface area (Å²) in [4.78, 5) is 22.3. The Labute approximate surface area is 94.1 Å². The number of hydrogen-bond acceptors (Lipinski definition) is 3. The van der Waals surface area contributed by atoms with Crippen LogP contribution >= 0.6 is 11.3 Å². The third kappa shape index (κ3) is 2.57. The predicted molar refractivity (Wildman–Crippen MR) is 65.1 cm³/mol. The molecule has 1 heterocycles. The molecular formula is C11H11BO2S. The lowest BCUT2D eigenvalue weighted by Crippen LogP contribution is -2.03. The van der Waals surface area contributed by atoms with Crippen molar-refractivity contribution < 1.29 is 9.59 Å². The summed E-state index contributed by atoms with van der Waals surface area (Å²) in [5.74, 6) is 5.92. The Morgan fingerprint density at radius 1 is 1.33 bits per heavy atom. The van der Waals surface area contributed by atoms with Crippen LogP contribution in [-0.2, 0) is 0 Å². The van der Waals surface area contributed by atoms with Gasteiger partial charge in [0.1, 0.15) is 0 Å². The van der Waals surface area contributed by atoms with Gasteiger partial charge in [0.2, 0.25) is 0 Å². The second-order valence-electron chi connectivity index (χ2n) is 3.10. The molecule has 0 bridgehead atoms. The van der Waals surface area contributed by atoms with Gasteiger partial charge >= 0.3 is 0 Å². The fourth-order valence-electron chi connectivity index (χ4n) is 1.20. The Balaban J connectivity index is 3.15. The van der Waals surface area contributed by atoms with Gasteiger partial charge in [-0.2, -0.15) is 0 Å². The van der Waals surface area contributed by atoms with E-state index in [1.807, 2.05) is 14.8 Å². The van der Waals surface area contributed by atoms with Crippen LogP contribution in [-0.4, -0.2) is 20.4 Å². The number of aldehydes is 2. The molecule has 0 spiro atoms. The standard InChI is InChI=1S/C11H11BO2S/c1-2-3-4-5-10-8(6-13)9(7-14)11(12)15-10/h6-7H,2-3,12H2,1H3. The van der Waals surface area contributed by atoms with E-state index in [0.717, 1.165) is 23.9 Å². The van der Waals surface area contributed by atoms with E-state index in [0.29, 0.717) is 22.3 Å². The summed E-state index contributed by atoms with van der Waals surface area (Å²) in [6.07, 6.45) is 3.24. The summed E-state index contributed by atoms with van der Waals surface area (Å²) in [5.41, 5.74) is 0.923. The van der Waals surface area contributed by atoms with E-state index in [2.05, 4.69) is 11.8 Å². The van der Waals surface area contributed by atoms with E-state index in [1.54, 1.807) is 0 Å². The minimum absolute atomic E-state index is 0.441. The first-order valence-electron chi connectivity index (χ1n) is 4.77. The van der Waals surface area contributed by atoms with Crippen molar-refractivity contribution in [2.45, 2.75) is 19.8 Å². The highest BCUT2D eigenvalue weighted by Crippen LogP contribution is 2.15. The quantitative estimate of drug-likeness (QED) is 0.427. The van der Waals surface area contributed by atoms with Gasteiger partial charge in [0.15, 0.2) is 20.4 Å². The molecular weight excluding hydrogens is 207 g/mol. The van der Waals surface area contributed by atoms with Gasteiger partial charge in [0, 0.05) is 12.0 Å². The van der Waals surface area contributed by atoms with E-state index in [9.17, 15) is 9.59 Å². The van der Waals surface area contributed by atoms with Crippen LogP contribution in [0.4, 0.5) is 0 Å². The minimum Gasteiger partial charge on any atom is -0.298 e. The summed E-state index contributed by atoms with van der Waals surface area (Å²) >= 11 is 1.40. The lowest BCUT2D eigenvalue weighted by molar-refractivity contribution is 0.109. The van der Waals surface area contributed by atoms with Gasteiger partial charge in [-0.25, -0.2) is 0 Å². The highest BCUT2D eigenvalue weighted by atomic mass is 32.1. The molecule has 0 atom stereocenters. The number of carbonyl (C=O) groups excluding carboxylic acids is 2. The Hall–Kier alpha value is -1.34. The zero-order chi connectivity index (χ0) is 11.3. The van der Waals surface area contributed by atoms with Gasteiger partial charge < -0.3 is 0 Å². The molecule has 1 aromatic heterocycles. The van der Waals surface area contributed by atoms with Crippen LogP contribution in [0.15, 0.2) is 0 Å². The van der Waals surface area contributed by atoms with Crippen molar-refractivity contribution in [1.82, 2.24) is 0 Å². The number of carbonyl (C=O) groups is 2. The van der Waals surface area contributed by atoms with Crippen molar-refractivity contribution in [3.05, 3.63) is 16.0 Å². The van der Waals surface area contributed by atoms with E-state index in [1.165, 1.54) is 11.3 Å². The topological polar surface area (TPSA) is 34.1 Å². The Morgan fingerprint density at radius 2 is 2.00 bits per heavy atom. The summed E-state index contributed by atoms with van der Waals surface area (Å²) in [5, 5.41) is 0. The molecule has 0 aliphatic carbocycles. The molecule has 0 aromatic carbocycles. The van der Waals surface area contributed by atoms with E-state index in [4.69, 9.17) is 0 Å². The maximum absolute atomic E-state index is 10.8. The minimum atomic E-state index is 0.441. The van der Waals surface area contributed by atoms with Crippen LogP contribution in [0.3, 0.4) is 0 Å². The van der Waals surface area contributed by atoms with Crippen molar-refractivity contribution in [3.63, 3.8) is 0 Å². The van der Waals surface area contributed by atoms with Crippen LogP contribution in [0.5, 0.6) is 0 Å². The Morgan fingerprint density at radius 3 is 2.53 bits per heavy atom. The zero-order valence-electron chi connectivity index (χ0n) is 8.79. The third-order valence-electron chi connectivity index (χ3n) is 1.98. The van der Waals surface area contributed by atoms with E-state index >= 15 is 0 Å². The first-order valence-corrected chi connectivity index (χ1v) is 5.58. The molecule has 0 aliphatic rings. The van der Waals surface area contributed by atoms with Gasteiger partial charge in [-0.15, -0.1) is 11.3 Å². The summed E-state index contributed by atoms with van der Waals surface area (Å²) in [6.45, 7) is 2.05. The maximum Gasteiger partial charge on any atom is 0.153 e. The average molecular weight is 218 g/mol. The monoisotopic (exact) mass is 218 g/mol. The first kappa shape index (κ1) is 11.7. The third-order valence-corrected chi connectivity index (χ3v) is 3.03. The number of unbranched alkanes of at least 4 members (excludes halogenated alkanes) is 1. The molecule has 0 radical (unpaired) electrons. The van der Waals surface area contributed by atoms with Crippen LogP contribution in [0.1, 0.15) is 45.4 Å². The van der Waals surface area contributed by atoms with Crippen LogP contribution < -0.4 is 4.78 Å². The SMILES string of the molecule is Bc1sc(C#CCCC)c(C=O)c1C=O. The smallest absolute Gasteiger partial charge is 0.153 e. The highest BCUT2D eigenvalue weighted by molar-refractivity contribution is 7.21. The van der Waals surface area contributed by atoms with Crippen molar-refractivity contribution in [2.24, 2.45) is 0 Å². The molecule has 0 unspecified atom stereocenters. The molecule has 4 heteroatoms. The van der Waals surface area contributed by atoms with Crippen molar-refractivity contribution in [1.29, 1.82) is 0 Å². The largest absolute Gasteiger partial charge is 0.298 e. The second-order valence-corrected chi connectivity index (χ2v) is 4.33. The molecule has 0 fully saturated rings. The maximum atomic E-state index is 10.8. The molecule has 0 aliphatic heterocycles. The lowest BCUT2D eigenvalue weighted by atomic mass is 10.00. The number of hydrogen-bond donors (Lipinski definition) is 0. The van der Waals surface area contributed by atoms with Crippen LogP contribution in [0.2, 0.25) is 0 Å². The van der Waals surface area contributed by atoms with Gasteiger partial charge in [0.25, 0.3) is 0 Å². The molecule has 0 N–H and O–H groups in total. The molecule has 1 aromatic rings.